The summed E-state index contributed by atoms with van der Waals surface area (Å²) in [6.45, 7) is 3.60. The molecular weight excluding hydrogens is 433 g/mol. The number of carbonyl (C=O) groups excluding carboxylic acids is 2. The molecular formula is C24H27Cl2N3O2. The fraction of sp³-hybridized carbons (Fsp3) is 0.417. The van der Waals surface area contributed by atoms with Crippen LogP contribution in [-0.2, 0) is 4.79 Å². The van der Waals surface area contributed by atoms with Crippen molar-refractivity contribution in [2.24, 2.45) is 0 Å². The summed E-state index contributed by atoms with van der Waals surface area (Å²) in [6, 6.07) is 15.8. The fourth-order valence-electron chi connectivity index (χ4n) is 4.60. The predicted octanol–water partition coefficient (Wildman–Crippen LogP) is 4.20. The van der Waals surface area contributed by atoms with Crippen LogP contribution in [0.3, 0.4) is 0 Å². The predicted molar refractivity (Wildman–Crippen MR) is 124 cm³/mol. The molecule has 31 heavy (non-hydrogen) atoms. The Balaban J connectivity index is 1.23. The smallest absolute Gasteiger partial charge is 0.251 e. The van der Waals surface area contributed by atoms with E-state index >= 15 is 0 Å². The number of benzene rings is 2. The number of hydrogen-bond acceptors (Lipinski definition) is 3. The average Bonchev–Trinajstić information content (AvgIpc) is 3.30. The molecule has 1 N–H and O–H groups in total. The van der Waals surface area contributed by atoms with Crippen molar-refractivity contribution in [2.75, 3.05) is 32.7 Å². The average molecular weight is 460 g/mol. The van der Waals surface area contributed by atoms with Crippen molar-refractivity contribution >= 4 is 35.0 Å². The van der Waals surface area contributed by atoms with Gasteiger partial charge in [0, 0.05) is 24.7 Å². The van der Waals surface area contributed by atoms with Crippen LogP contribution in [-0.4, -0.2) is 60.4 Å². The number of carbonyl (C=O) groups is 2. The Morgan fingerprint density at radius 1 is 0.935 bits per heavy atom. The summed E-state index contributed by atoms with van der Waals surface area (Å²) in [5.41, 5.74) is 1.82. The highest BCUT2D eigenvalue weighted by atomic mass is 35.5. The van der Waals surface area contributed by atoms with Gasteiger partial charge in [-0.15, -0.1) is 0 Å². The molecule has 2 amide bonds. The molecule has 0 spiro atoms. The molecule has 2 aliphatic heterocycles. The summed E-state index contributed by atoms with van der Waals surface area (Å²) in [7, 11) is 0. The van der Waals surface area contributed by atoms with Gasteiger partial charge in [0.1, 0.15) is 0 Å². The topological polar surface area (TPSA) is 52.7 Å². The lowest BCUT2D eigenvalue weighted by Gasteiger charge is -2.36. The third-order valence-electron chi connectivity index (χ3n) is 6.41. The van der Waals surface area contributed by atoms with Crippen LogP contribution < -0.4 is 5.32 Å². The maximum absolute atomic E-state index is 12.6. The van der Waals surface area contributed by atoms with E-state index in [4.69, 9.17) is 23.2 Å². The van der Waals surface area contributed by atoms with Gasteiger partial charge in [0.2, 0.25) is 5.91 Å². The first-order chi connectivity index (χ1) is 15.0. The minimum absolute atomic E-state index is 0.0120. The quantitative estimate of drug-likeness (QED) is 0.728. The molecule has 4 rings (SSSR count). The van der Waals surface area contributed by atoms with E-state index in [1.807, 2.05) is 4.90 Å². The monoisotopic (exact) mass is 459 g/mol. The first-order valence-corrected chi connectivity index (χ1v) is 11.6. The van der Waals surface area contributed by atoms with Gasteiger partial charge in [-0.1, -0.05) is 53.5 Å². The highest BCUT2D eigenvalue weighted by molar-refractivity contribution is 6.42. The molecule has 0 bridgehead atoms. The van der Waals surface area contributed by atoms with Crippen molar-refractivity contribution in [1.82, 2.24) is 15.1 Å². The molecule has 2 aromatic rings. The van der Waals surface area contributed by atoms with Crippen molar-refractivity contribution in [3.63, 3.8) is 0 Å². The van der Waals surface area contributed by atoms with Gasteiger partial charge in [-0.3, -0.25) is 14.5 Å². The summed E-state index contributed by atoms with van der Waals surface area (Å²) in [5.74, 6) is 0.258. The fourth-order valence-corrected chi connectivity index (χ4v) is 4.89. The van der Waals surface area contributed by atoms with E-state index in [1.54, 1.807) is 12.1 Å². The number of nitrogens with one attached hydrogen (secondary N) is 1. The van der Waals surface area contributed by atoms with Crippen molar-refractivity contribution < 1.29 is 9.59 Å². The maximum atomic E-state index is 12.6. The summed E-state index contributed by atoms with van der Waals surface area (Å²) in [6.07, 6.45) is 3.31. The van der Waals surface area contributed by atoms with E-state index in [2.05, 4.69) is 40.5 Å². The SMILES string of the molecule is O=C(NCC(=O)N1CCC(N2CCC(c3ccccc3)CC2)C1)c1ccc(Cl)c(Cl)c1. The zero-order valence-electron chi connectivity index (χ0n) is 17.4. The zero-order valence-corrected chi connectivity index (χ0v) is 18.9. The van der Waals surface area contributed by atoms with Crippen LogP contribution in [0.2, 0.25) is 10.0 Å². The van der Waals surface area contributed by atoms with Crippen molar-refractivity contribution in [3.8, 4) is 0 Å². The van der Waals surface area contributed by atoms with E-state index in [9.17, 15) is 9.59 Å². The Hall–Kier alpha value is -2.08. The Morgan fingerprint density at radius 3 is 2.39 bits per heavy atom. The van der Waals surface area contributed by atoms with Gasteiger partial charge in [0.25, 0.3) is 5.91 Å². The standard InChI is InChI=1S/C24H27Cl2N3O2/c25-21-7-6-19(14-22(21)26)24(31)27-15-23(30)29-13-10-20(16-29)28-11-8-18(9-12-28)17-4-2-1-3-5-17/h1-7,14,18,20H,8-13,15-16H2,(H,27,31). The van der Waals surface area contributed by atoms with Crippen LogP contribution in [0.25, 0.3) is 0 Å². The minimum Gasteiger partial charge on any atom is -0.343 e. The summed E-state index contributed by atoms with van der Waals surface area (Å²) in [4.78, 5) is 29.3. The lowest BCUT2D eigenvalue weighted by molar-refractivity contribution is -0.129. The molecule has 0 aromatic heterocycles. The molecule has 0 saturated carbocycles. The first kappa shape index (κ1) is 22.1. The summed E-state index contributed by atoms with van der Waals surface area (Å²) < 4.78 is 0. The summed E-state index contributed by atoms with van der Waals surface area (Å²) >= 11 is 11.9. The Kier molecular flexibility index (Phi) is 7.16. The van der Waals surface area contributed by atoms with Gasteiger partial charge in [0.05, 0.1) is 16.6 Å². The first-order valence-electron chi connectivity index (χ1n) is 10.8. The second-order valence-corrected chi connectivity index (χ2v) is 9.13. The molecule has 164 valence electrons. The number of piperidine rings is 1. The number of nitrogens with zero attached hydrogens (tertiary/aromatic N) is 2. The minimum atomic E-state index is -0.328. The number of amides is 2. The molecule has 2 heterocycles. The van der Waals surface area contributed by atoms with E-state index in [0.717, 1.165) is 45.4 Å². The number of likely N-dealkylation sites (tertiary alicyclic amines) is 2. The molecule has 2 fully saturated rings. The van der Waals surface area contributed by atoms with E-state index in [0.29, 0.717) is 27.6 Å². The van der Waals surface area contributed by atoms with Crippen LogP contribution in [0.4, 0.5) is 0 Å². The van der Waals surface area contributed by atoms with Gasteiger partial charge in [-0.25, -0.2) is 0 Å². The van der Waals surface area contributed by atoms with Gasteiger partial charge in [-0.2, -0.15) is 0 Å². The van der Waals surface area contributed by atoms with Crippen LogP contribution in [0, 0.1) is 0 Å². The second kappa shape index (κ2) is 10.0. The molecule has 7 heteroatoms. The van der Waals surface area contributed by atoms with Crippen LogP contribution in [0.5, 0.6) is 0 Å². The number of rotatable bonds is 5. The Morgan fingerprint density at radius 2 is 1.68 bits per heavy atom. The van der Waals surface area contributed by atoms with Gasteiger partial charge >= 0.3 is 0 Å². The molecule has 1 atom stereocenters. The highest BCUT2D eigenvalue weighted by Gasteiger charge is 2.32. The van der Waals surface area contributed by atoms with Crippen molar-refractivity contribution in [1.29, 1.82) is 0 Å². The molecule has 0 aliphatic carbocycles. The lowest BCUT2D eigenvalue weighted by Crippen LogP contribution is -2.44. The normalized spacial score (nSPS) is 20.1. The third-order valence-corrected chi connectivity index (χ3v) is 7.15. The second-order valence-electron chi connectivity index (χ2n) is 8.31. The number of hydrogen-bond donors (Lipinski definition) is 1. The number of halogens is 2. The largest absolute Gasteiger partial charge is 0.343 e. The summed E-state index contributed by atoms with van der Waals surface area (Å²) in [5, 5.41) is 3.41. The molecule has 2 aliphatic rings. The van der Waals surface area contributed by atoms with Crippen molar-refractivity contribution in [2.45, 2.75) is 31.2 Å². The molecule has 2 aromatic carbocycles. The van der Waals surface area contributed by atoms with Gasteiger partial charge < -0.3 is 10.2 Å². The zero-order chi connectivity index (χ0) is 21.8. The van der Waals surface area contributed by atoms with Crippen LogP contribution in [0.1, 0.15) is 41.1 Å². The molecule has 2 saturated heterocycles. The van der Waals surface area contributed by atoms with E-state index < -0.39 is 0 Å². The van der Waals surface area contributed by atoms with Crippen LogP contribution in [0.15, 0.2) is 48.5 Å². The third kappa shape index (κ3) is 5.40. The van der Waals surface area contributed by atoms with Crippen LogP contribution >= 0.6 is 23.2 Å². The van der Waals surface area contributed by atoms with Crippen molar-refractivity contribution in [3.05, 3.63) is 69.7 Å². The van der Waals surface area contributed by atoms with E-state index in [1.165, 1.54) is 11.6 Å². The maximum Gasteiger partial charge on any atom is 0.251 e. The highest BCUT2D eigenvalue weighted by Crippen LogP contribution is 2.30. The molecule has 0 radical (unpaired) electrons. The van der Waals surface area contributed by atoms with Gasteiger partial charge in [0.15, 0.2) is 0 Å². The Labute approximate surface area is 193 Å². The van der Waals surface area contributed by atoms with E-state index in [-0.39, 0.29) is 18.4 Å². The lowest BCUT2D eigenvalue weighted by atomic mass is 9.89. The Bertz CT molecular complexity index is 930. The van der Waals surface area contributed by atoms with Gasteiger partial charge in [-0.05, 0) is 62.0 Å². The molecule has 5 nitrogen and oxygen atoms in total. The molecule has 1 unspecified atom stereocenters.